The highest BCUT2D eigenvalue weighted by molar-refractivity contribution is 7.92. The first-order chi connectivity index (χ1) is 12.4. The molecule has 2 aromatic rings. The fourth-order valence-electron chi connectivity index (χ4n) is 3.13. The summed E-state index contributed by atoms with van der Waals surface area (Å²) in [6.45, 7) is 0.786. The lowest BCUT2D eigenvalue weighted by atomic mass is 10.1. The average Bonchev–Trinajstić information content (AvgIpc) is 2.68. The Morgan fingerprint density at radius 3 is 2.27 bits per heavy atom. The van der Waals surface area contributed by atoms with Gasteiger partial charge in [-0.2, -0.15) is 0 Å². The number of likely N-dealkylation sites (tertiary alicyclic amines) is 1. The smallest absolute Gasteiger partial charge is 0.255 e. The average molecular weight is 394 g/mol. The number of piperidine rings is 1. The second-order valence-electron chi connectivity index (χ2n) is 6.19. The van der Waals surface area contributed by atoms with Gasteiger partial charge in [0.25, 0.3) is 5.91 Å². The van der Waals surface area contributed by atoms with Gasteiger partial charge in [0.05, 0.1) is 27.8 Å². The van der Waals surface area contributed by atoms with Crippen molar-refractivity contribution in [2.75, 3.05) is 20.2 Å². The SMILES string of the molecule is COc1ccc(S(=O)(=O)C2CCN(C(=O)c3ccccc3Cl)CC2)cc1. The number of carbonyl (C=O) groups is 1. The number of sulfone groups is 1. The van der Waals surface area contributed by atoms with Crippen LogP contribution in [-0.2, 0) is 9.84 Å². The number of methoxy groups -OCH3 is 1. The Hall–Kier alpha value is -2.05. The van der Waals surface area contributed by atoms with E-state index in [1.165, 1.54) is 7.11 Å². The lowest BCUT2D eigenvalue weighted by molar-refractivity contribution is 0.0726. The van der Waals surface area contributed by atoms with Crippen LogP contribution in [-0.4, -0.2) is 44.7 Å². The number of benzene rings is 2. The van der Waals surface area contributed by atoms with Crippen molar-refractivity contribution >= 4 is 27.3 Å². The zero-order chi connectivity index (χ0) is 18.7. The second-order valence-corrected chi connectivity index (χ2v) is 8.83. The summed E-state index contributed by atoms with van der Waals surface area (Å²) >= 11 is 6.09. The van der Waals surface area contributed by atoms with E-state index in [9.17, 15) is 13.2 Å². The van der Waals surface area contributed by atoms with Crippen molar-refractivity contribution in [1.82, 2.24) is 4.90 Å². The van der Waals surface area contributed by atoms with Gasteiger partial charge in [-0.3, -0.25) is 4.79 Å². The quantitative estimate of drug-likeness (QED) is 0.798. The number of nitrogens with zero attached hydrogens (tertiary/aromatic N) is 1. The van der Waals surface area contributed by atoms with Crippen LogP contribution in [0.2, 0.25) is 5.02 Å². The first-order valence-electron chi connectivity index (χ1n) is 8.35. The van der Waals surface area contributed by atoms with Crippen LogP contribution in [0, 0.1) is 0 Å². The monoisotopic (exact) mass is 393 g/mol. The number of rotatable bonds is 4. The van der Waals surface area contributed by atoms with Crippen LogP contribution >= 0.6 is 11.6 Å². The Kier molecular flexibility index (Phi) is 5.53. The maximum Gasteiger partial charge on any atom is 0.255 e. The predicted molar refractivity (Wildman–Crippen MR) is 101 cm³/mol. The number of ether oxygens (including phenoxy) is 1. The van der Waals surface area contributed by atoms with Crippen molar-refractivity contribution in [2.45, 2.75) is 23.0 Å². The molecule has 0 bridgehead atoms. The summed E-state index contributed by atoms with van der Waals surface area (Å²) in [5.74, 6) is 0.458. The van der Waals surface area contributed by atoms with Crippen molar-refractivity contribution in [2.24, 2.45) is 0 Å². The molecular formula is C19H20ClNO4S. The molecule has 0 aromatic heterocycles. The summed E-state index contributed by atoms with van der Waals surface area (Å²) in [6, 6.07) is 13.3. The van der Waals surface area contributed by atoms with Crippen molar-refractivity contribution in [3.05, 3.63) is 59.1 Å². The molecule has 138 valence electrons. The largest absolute Gasteiger partial charge is 0.497 e. The van der Waals surface area contributed by atoms with Crippen molar-refractivity contribution < 1.29 is 17.9 Å². The van der Waals surface area contributed by atoms with Crippen LogP contribution in [0.5, 0.6) is 5.75 Å². The molecule has 0 spiro atoms. The van der Waals surface area contributed by atoms with Gasteiger partial charge in [0, 0.05) is 13.1 Å². The topological polar surface area (TPSA) is 63.7 Å². The molecule has 26 heavy (non-hydrogen) atoms. The van der Waals surface area contributed by atoms with Gasteiger partial charge in [-0.05, 0) is 49.2 Å². The molecule has 1 heterocycles. The normalized spacial score (nSPS) is 15.7. The van der Waals surface area contributed by atoms with E-state index in [0.29, 0.717) is 42.3 Å². The first-order valence-corrected chi connectivity index (χ1v) is 10.3. The lowest BCUT2D eigenvalue weighted by Crippen LogP contribution is -2.42. The molecule has 1 aliphatic heterocycles. The van der Waals surface area contributed by atoms with E-state index in [1.54, 1.807) is 53.4 Å². The summed E-state index contributed by atoms with van der Waals surface area (Å²) in [6.07, 6.45) is 0.815. The maximum absolute atomic E-state index is 12.8. The Bertz CT molecular complexity index is 888. The summed E-state index contributed by atoms with van der Waals surface area (Å²) in [5, 5.41) is -0.0864. The van der Waals surface area contributed by atoms with Crippen LogP contribution in [0.15, 0.2) is 53.4 Å². The molecule has 0 radical (unpaired) electrons. The molecule has 0 atom stereocenters. The Morgan fingerprint density at radius 1 is 1.08 bits per heavy atom. The first kappa shape index (κ1) is 18.7. The lowest BCUT2D eigenvalue weighted by Gasteiger charge is -2.32. The van der Waals surface area contributed by atoms with Gasteiger partial charge < -0.3 is 9.64 Å². The van der Waals surface area contributed by atoms with E-state index in [2.05, 4.69) is 0 Å². The van der Waals surface area contributed by atoms with Crippen LogP contribution in [0.3, 0.4) is 0 Å². The molecular weight excluding hydrogens is 374 g/mol. The van der Waals surface area contributed by atoms with Crippen LogP contribution in [0.25, 0.3) is 0 Å². The van der Waals surface area contributed by atoms with E-state index in [4.69, 9.17) is 16.3 Å². The second kappa shape index (κ2) is 7.68. The van der Waals surface area contributed by atoms with E-state index >= 15 is 0 Å². The fraction of sp³-hybridized carbons (Fsp3) is 0.316. The maximum atomic E-state index is 12.8. The fourth-order valence-corrected chi connectivity index (χ4v) is 5.08. The summed E-state index contributed by atoms with van der Waals surface area (Å²) in [4.78, 5) is 14.5. The molecule has 0 aliphatic carbocycles. The van der Waals surface area contributed by atoms with Gasteiger partial charge in [0.1, 0.15) is 5.75 Å². The molecule has 0 unspecified atom stereocenters. The standard InChI is InChI=1S/C19H20ClNO4S/c1-25-14-6-8-15(9-7-14)26(23,24)16-10-12-21(13-11-16)19(22)17-4-2-3-5-18(17)20/h2-9,16H,10-13H2,1H3. The molecule has 1 aliphatic rings. The van der Waals surface area contributed by atoms with Gasteiger partial charge >= 0.3 is 0 Å². The van der Waals surface area contributed by atoms with Gasteiger partial charge in [-0.1, -0.05) is 23.7 Å². The number of halogens is 1. The molecule has 0 N–H and O–H groups in total. The van der Waals surface area contributed by atoms with Crippen molar-refractivity contribution in [3.8, 4) is 5.75 Å². The van der Waals surface area contributed by atoms with Crippen molar-refractivity contribution in [1.29, 1.82) is 0 Å². The number of amides is 1. The number of hydrogen-bond acceptors (Lipinski definition) is 4. The van der Waals surface area contributed by atoms with E-state index in [1.807, 2.05) is 0 Å². The highest BCUT2D eigenvalue weighted by atomic mass is 35.5. The van der Waals surface area contributed by atoms with Gasteiger partial charge in [-0.25, -0.2) is 8.42 Å². The third kappa shape index (κ3) is 3.71. The molecule has 1 saturated heterocycles. The predicted octanol–water partition coefficient (Wildman–Crippen LogP) is 3.43. The third-order valence-electron chi connectivity index (χ3n) is 4.66. The molecule has 3 rings (SSSR count). The highest BCUT2D eigenvalue weighted by Gasteiger charge is 2.33. The minimum absolute atomic E-state index is 0.157. The molecule has 2 aromatic carbocycles. The molecule has 7 heteroatoms. The van der Waals surface area contributed by atoms with Gasteiger partial charge in [0.15, 0.2) is 9.84 Å². The molecule has 1 amide bonds. The van der Waals surface area contributed by atoms with Crippen molar-refractivity contribution in [3.63, 3.8) is 0 Å². The Balaban J connectivity index is 1.69. The summed E-state index contributed by atoms with van der Waals surface area (Å²) < 4.78 is 30.7. The zero-order valence-electron chi connectivity index (χ0n) is 14.4. The van der Waals surface area contributed by atoms with Gasteiger partial charge in [-0.15, -0.1) is 0 Å². The highest BCUT2D eigenvalue weighted by Crippen LogP contribution is 2.27. The number of carbonyl (C=O) groups excluding carboxylic acids is 1. The Morgan fingerprint density at radius 2 is 1.69 bits per heavy atom. The minimum atomic E-state index is -3.43. The summed E-state index contributed by atoms with van der Waals surface area (Å²) in [5.41, 5.74) is 0.450. The van der Waals surface area contributed by atoms with Gasteiger partial charge in [0.2, 0.25) is 0 Å². The molecule has 1 fully saturated rings. The molecule has 0 saturated carbocycles. The van der Waals surface area contributed by atoms with E-state index < -0.39 is 15.1 Å². The third-order valence-corrected chi connectivity index (χ3v) is 7.27. The summed E-state index contributed by atoms with van der Waals surface area (Å²) in [7, 11) is -1.89. The van der Waals surface area contributed by atoms with Crippen LogP contribution in [0.1, 0.15) is 23.2 Å². The van der Waals surface area contributed by atoms with E-state index in [0.717, 1.165) is 0 Å². The molecule has 5 nitrogen and oxygen atoms in total. The van der Waals surface area contributed by atoms with E-state index in [-0.39, 0.29) is 10.8 Å². The number of hydrogen-bond donors (Lipinski definition) is 0. The minimum Gasteiger partial charge on any atom is -0.497 e. The van der Waals surface area contributed by atoms with Crippen LogP contribution in [0.4, 0.5) is 0 Å². The zero-order valence-corrected chi connectivity index (χ0v) is 16.0. The Labute approximate surface area is 158 Å². The van der Waals surface area contributed by atoms with Crippen LogP contribution < -0.4 is 4.74 Å².